The summed E-state index contributed by atoms with van der Waals surface area (Å²) in [6.45, 7) is 3.01. The molecule has 0 saturated carbocycles. The number of carbonyl (C=O) groups is 2. The molecule has 0 spiro atoms. The van der Waals surface area contributed by atoms with Crippen molar-refractivity contribution in [3.8, 4) is 5.75 Å². The molecular weight excluding hydrogens is 360 g/mol. The number of sulfonamides is 1. The van der Waals surface area contributed by atoms with Crippen molar-refractivity contribution >= 4 is 22.0 Å². The van der Waals surface area contributed by atoms with Crippen molar-refractivity contribution in [2.45, 2.75) is 36.2 Å². The number of ether oxygens (including phenoxy) is 1. The number of hydrogen-bond donors (Lipinski definition) is 4. The molecule has 9 nitrogen and oxygen atoms in total. The number of imide groups is 1. The summed E-state index contributed by atoms with van der Waals surface area (Å²) in [5.74, 6) is -0.257. The molecule has 0 radical (unpaired) electrons. The molecular formula is C16H22N4O5S. The number of hydrogen-bond acceptors (Lipinski definition) is 6. The van der Waals surface area contributed by atoms with Gasteiger partial charge in [-0.2, -0.15) is 0 Å². The second-order valence-electron chi connectivity index (χ2n) is 6.54. The van der Waals surface area contributed by atoms with Crippen LogP contribution in [-0.2, 0) is 20.4 Å². The summed E-state index contributed by atoms with van der Waals surface area (Å²) in [5, 5.41) is 7.87. The van der Waals surface area contributed by atoms with Crippen molar-refractivity contribution in [1.82, 2.24) is 20.7 Å². The van der Waals surface area contributed by atoms with E-state index in [1.807, 2.05) is 0 Å². The molecule has 26 heavy (non-hydrogen) atoms. The molecule has 0 bridgehead atoms. The van der Waals surface area contributed by atoms with E-state index in [1.54, 1.807) is 0 Å². The smallest absolute Gasteiger partial charge is 0.322 e. The molecule has 1 aromatic rings. The van der Waals surface area contributed by atoms with Gasteiger partial charge in [0, 0.05) is 11.6 Å². The predicted molar refractivity (Wildman–Crippen MR) is 93.2 cm³/mol. The summed E-state index contributed by atoms with van der Waals surface area (Å²) in [6, 6.07) is 3.49. The Morgan fingerprint density at radius 1 is 1.23 bits per heavy atom. The maximum Gasteiger partial charge on any atom is 0.322 e. The van der Waals surface area contributed by atoms with Crippen LogP contribution in [0.5, 0.6) is 5.75 Å². The summed E-state index contributed by atoms with van der Waals surface area (Å²) in [7, 11) is -2.36. The van der Waals surface area contributed by atoms with Crippen LogP contribution in [0.4, 0.5) is 4.79 Å². The van der Waals surface area contributed by atoms with Crippen molar-refractivity contribution in [2.75, 3.05) is 20.2 Å². The van der Waals surface area contributed by atoms with Gasteiger partial charge in [-0.25, -0.2) is 17.9 Å². The summed E-state index contributed by atoms with van der Waals surface area (Å²) in [5.41, 5.74) is -1.14. The molecule has 3 rings (SSSR count). The average Bonchev–Trinajstić information content (AvgIpc) is 2.87. The third-order valence-corrected chi connectivity index (χ3v) is 6.24. The van der Waals surface area contributed by atoms with Gasteiger partial charge in [-0.05, 0) is 51.1 Å². The SMILES string of the molecule is COc1ccc(S(=O)(=O)NC2CCNCC2)cc1C1(C)NC(=O)NC1=O. The van der Waals surface area contributed by atoms with E-state index < -0.39 is 27.5 Å². The Bertz CT molecular complexity index is 835. The summed E-state index contributed by atoms with van der Waals surface area (Å²) in [6.07, 6.45) is 1.41. The highest BCUT2D eigenvalue weighted by Crippen LogP contribution is 2.34. The number of rotatable bonds is 5. The van der Waals surface area contributed by atoms with E-state index in [2.05, 4.69) is 20.7 Å². The van der Waals surface area contributed by atoms with Gasteiger partial charge in [0.2, 0.25) is 10.0 Å². The third-order valence-electron chi connectivity index (χ3n) is 4.73. The number of piperidine rings is 1. The fourth-order valence-corrected chi connectivity index (χ4v) is 4.54. The lowest BCUT2D eigenvalue weighted by Gasteiger charge is -2.26. The summed E-state index contributed by atoms with van der Waals surface area (Å²) < 4.78 is 33.5. The number of benzene rings is 1. The van der Waals surface area contributed by atoms with E-state index in [4.69, 9.17) is 4.74 Å². The van der Waals surface area contributed by atoms with Crippen molar-refractivity contribution in [2.24, 2.45) is 0 Å². The molecule has 2 aliphatic rings. The molecule has 1 unspecified atom stereocenters. The largest absolute Gasteiger partial charge is 0.496 e. The normalized spacial score (nSPS) is 24.2. The second kappa shape index (κ2) is 6.86. The Morgan fingerprint density at radius 2 is 1.92 bits per heavy atom. The molecule has 0 aromatic heterocycles. The zero-order chi connectivity index (χ0) is 18.9. The van der Waals surface area contributed by atoms with Crippen LogP contribution in [0.2, 0.25) is 0 Å². The topological polar surface area (TPSA) is 126 Å². The Kier molecular flexibility index (Phi) is 4.91. The van der Waals surface area contributed by atoms with Gasteiger partial charge in [0.1, 0.15) is 11.3 Å². The monoisotopic (exact) mass is 382 g/mol. The van der Waals surface area contributed by atoms with Crippen LogP contribution in [0.15, 0.2) is 23.1 Å². The van der Waals surface area contributed by atoms with Gasteiger partial charge in [-0.15, -0.1) is 0 Å². The molecule has 1 aromatic carbocycles. The second-order valence-corrected chi connectivity index (χ2v) is 8.25. The van der Waals surface area contributed by atoms with Crippen LogP contribution < -0.4 is 25.4 Å². The number of methoxy groups -OCH3 is 1. The first-order valence-electron chi connectivity index (χ1n) is 8.31. The maximum absolute atomic E-state index is 12.8. The first kappa shape index (κ1) is 18.6. The highest BCUT2D eigenvalue weighted by atomic mass is 32.2. The fourth-order valence-electron chi connectivity index (χ4n) is 3.21. The molecule has 142 valence electrons. The van der Waals surface area contributed by atoms with Crippen LogP contribution in [-0.4, -0.2) is 46.6 Å². The first-order valence-corrected chi connectivity index (χ1v) is 9.80. The van der Waals surface area contributed by atoms with E-state index in [0.29, 0.717) is 18.6 Å². The van der Waals surface area contributed by atoms with E-state index in [-0.39, 0.29) is 16.5 Å². The molecule has 4 N–H and O–H groups in total. The fraction of sp³-hybridized carbons (Fsp3) is 0.500. The van der Waals surface area contributed by atoms with Crippen LogP contribution >= 0.6 is 0 Å². The quantitative estimate of drug-likeness (QED) is 0.522. The van der Waals surface area contributed by atoms with Crippen LogP contribution in [0, 0.1) is 0 Å². The minimum Gasteiger partial charge on any atom is -0.496 e. The third kappa shape index (κ3) is 3.39. The van der Waals surface area contributed by atoms with Gasteiger partial charge in [-0.1, -0.05) is 0 Å². The molecule has 0 aliphatic carbocycles. The van der Waals surface area contributed by atoms with Gasteiger partial charge >= 0.3 is 6.03 Å². The summed E-state index contributed by atoms with van der Waals surface area (Å²) >= 11 is 0. The number of amides is 3. The predicted octanol–water partition coefficient (Wildman–Crippen LogP) is -0.220. The molecule has 10 heteroatoms. The number of carbonyl (C=O) groups excluding carboxylic acids is 2. The lowest BCUT2D eigenvalue weighted by molar-refractivity contribution is -0.123. The highest BCUT2D eigenvalue weighted by Gasteiger charge is 2.45. The molecule has 2 heterocycles. The molecule has 2 aliphatic heterocycles. The lowest BCUT2D eigenvalue weighted by Crippen LogP contribution is -2.43. The van der Waals surface area contributed by atoms with Crippen molar-refractivity contribution < 1.29 is 22.7 Å². The Balaban J connectivity index is 1.97. The van der Waals surface area contributed by atoms with E-state index in [1.165, 1.54) is 32.2 Å². The van der Waals surface area contributed by atoms with Gasteiger partial charge in [0.05, 0.1) is 12.0 Å². The van der Waals surface area contributed by atoms with Crippen molar-refractivity contribution in [3.63, 3.8) is 0 Å². The Morgan fingerprint density at radius 3 is 2.50 bits per heavy atom. The molecule has 1 atom stereocenters. The maximum atomic E-state index is 12.8. The van der Waals surface area contributed by atoms with Crippen LogP contribution in [0.25, 0.3) is 0 Å². The average molecular weight is 382 g/mol. The zero-order valence-electron chi connectivity index (χ0n) is 14.6. The van der Waals surface area contributed by atoms with E-state index >= 15 is 0 Å². The summed E-state index contributed by atoms with van der Waals surface area (Å²) in [4.78, 5) is 23.8. The molecule has 2 saturated heterocycles. The van der Waals surface area contributed by atoms with Crippen LogP contribution in [0.3, 0.4) is 0 Å². The molecule has 3 amide bonds. The minimum atomic E-state index is -3.77. The van der Waals surface area contributed by atoms with E-state index in [0.717, 1.165) is 13.1 Å². The van der Waals surface area contributed by atoms with E-state index in [9.17, 15) is 18.0 Å². The van der Waals surface area contributed by atoms with Gasteiger partial charge in [0.25, 0.3) is 5.91 Å². The van der Waals surface area contributed by atoms with Crippen LogP contribution in [0.1, 0.15) is 25.3 Å². The zero-order valence-corrected chi connectivity index (χ0v) is 15.4. The Hall–Kier alpha value is -2.17. The lowest BCUT2D eigenvalue weighted by atomic mass is 9.91. The van der Waals surface area contributed by atoms with Gasteiger partial charge in [-0.3, -0.25) is 10.1 Å². The number of urea groups is 1. The standard InChI is InChI=1S/C16H22N4O5S/c1-16(14(21)18-15(22)19-16)12-9-11(3-4-13(12)25-2)26(23,24)20-10-5-7-17-8-6-10/h3-4,9-10,17,20H,5-8H2,1-2H3,(H2,18,19,21,22). The van der Waals surface area contributed by atoms with Gasteiger partial charge < -0.3 is 15.4 Å². The van der Waals surface area contributed by atoms with Crippen molar-refractivity contribution in [1.29, 1.82) is 0 Å². The molecule has 2 fully saturated rings. The highest BCUT2D eigenvalue weighted by molar-refractivity contribution is 7.89. The van der Waals surface area contributed by atoms with Gasteiger partial charge in [0.15, 0.2) is 0 Å². The first-order chi connectivity index (χ1) is 12.3. The number of nitrogens with one attached hydrogen (secondary N) is 4. The minimum absolute atomic E-state index is 0.0157. The Labute approximate surface area is 151 Å². The van der Waals surface area contributed by atoms with Crippen molar-refractivity contribution in [3.05, 3.63) is 23.8 Å².